The number of pyridine rings is 1. The first-order chi connectivity index (χ1) is 9.11. The van der Waals surface area contributed by atoms with Gasteiger partial charge < -0.3 is 4.74 Å². The van der Waals surface area contributed by atoms with Crippen LogP contribution in [0, 0.1) is 16.4 Å². The Bertz CT molecular complexity index is 453. The van der Waals surface area contributed by atoms with Gasteiger partial charge in [-0.25, -0.2) is 0 Å². The molecule has 0 radical (unpaired) electrons. The van der Waals surface area contributed by atoms with Crippen molar-refractivity contribution in [1.82, 2.24) is 4.98 Å². The van der Waals surface area contributed by atoms with Gasteiger partial charge in [0.05, 0.1) is 18.2 Å². The Morgan fingerprint density at radius 2 is 2.05 bits per heavy atom. The number of carbonyl (C=O) groups is 1. The molecule has 1 saturated carbocycles. The van der Waals surface area contributed by atoms with E-state index < -0.39 is 0 Å². The van der Waals surface area contributed by atoms with E-state index in [1.807, 2.05) is 6.92 Å². The Labute approximate surface area is 128 Å². The number of aryl methyl sites for hydroxylation is 1. The third kappa shape index (κ3) is 3.68. The van der Waals surface area contributed by atoms with Crippen LogP contribution in [0.1, 0.15) is 49.9 Å². The van der Waals surface area contributed by atoms with Crippen LogP contribution in [0.25, 0.3) is 0 Å². The van der Waals surface area contributed by atoms with Crippen molar-refractivity contribution in [2.24, 2.45) is 5.92 Å². The highest BCUT2D eigenvalue weighted by Gasteiger charge is 2.28. The van der Waals surface area contributed by atoms with Crippen molar-refractivity contribution in [3.63, 3.8) is 0 Å². The molecule has 0 aromatic carbocycles. The molecular formula is C15H20INO2. The lowest BCUT2D eigenvalue weighted by atomic mass is 9.80. The van der Waals surface area contributed by atoms with Crippen molar-refractivity contribution >= 4 is 28.6 Å². The fourth-order valence-electron chi connectivity index (χ4n) is 2.68. The molecule has 0 bridgehead atoms. The molecule has 0 aliphatic heterocycles. The highest BCUT2D eigenvalue weighted by atomic mass is 127. The molecule has 3 nitrogen and oxygen atoms in total. The predicted octanol–water partition coefficient (Wildman–Crippen LogP) is 3.83. The van der Waals surface area contributed by atoms with Crippen molar-refractivity contribution < 1.29 is 9.53 Å². The molecule has 1 fully saturated rings. The molecule has 19 heavy (non-hydrogen) atoms. The summed E-state index contributed by atoms with van der Waals surface area (Å²) in [4.78, 5) is 16.4. The van der Waals surface area contributed by atoms with Gasteiger partial charge in [0.2, 0.25) is 0 Å². The van der Waals surface area contributed by atoms with Gasteiger partial charge in [0, 0.05) is 15.2 Å². The van der Waals surface area contributed by atoms with Crippen LogP contribution in [0.15, 0.2) is 12.1 Å². The van der Waals surface area contributed by atoms with E-state index in [-0.39, 0.29) is 11.9 Å². The molecule has 0 atom stereocenters. The number of hydrogen-bond acceptors (Lipinski definition) is 3. The predicted molar refractivity (Wildman–Crippen MR) is 83.0 cm³/mol. The van der Waals surface area contributed by atoms with Gasteiger partial charge >= 0.3 is 5.97 Å². The van der Waals surface area contributed by atoms with Crippen LogP contribution in [0.3, 0.4) is 0 Å². The zero-order valence-corrected chi connectivity index (χ0v) is 13.6. The maximum atomic E-state index is 11.7. The van der Waals surface area contributed by atoms with Gasteiger partial charge in [-0.3, -0.25) is 9.78 Å². The Morgan fingerprint density at radius 3 is 2.63 bits per heavy atom. The van der Waals surface area contributed by atoms with E-state index in [9.17, 15) is 4.79 Å². The van der Waals surface area contributed by atoms with Gasteiger partial charge in [-0.05, 0) is 74.3 Å². The van der Waals surface area contributed by atoms with Crippen LogP contribution in [-0.4, -0.2) is 17.6 Å². The Kier molecular flexibility index (Phi) is 5.19. The standard InChI is InChI=1S/C15H20INO2/c1-3-19-15(18)12-6-4-11(5-7-12)14-9-8-13(16)10(2)17-14/h8-9,11-12H,3-7H2,1-2H3. The quantitative estimate of drug-likeness (QED) is 0.597. The molecule has 0 saturated heterocycles. The summed E-state index contributed by atoms with van der Waals surface area (Å²) >= 11 is 2.31. The molecular weight excluding hydrogens is 353 g/mol. The zero-order chi connectivity index (χ0) is 13.8. The van der Waals surface area contributed by atoms with Crippen molar-refractivity contribution in [3.05, 3.63) is 27.1 Å². The first-order valence-electron chi connectivity index (χ1n) is 6.91. The summed E-state index contributed by atoms with van der Waals surface area (Å²) in [5.74, 6) is 0.579. The molecule has 0 unspecified atom stereocenters. The average Bonchev–Trinajstić information content (AvgIpc) is 2.42. The lowest BCUT2D eigenvalue weighted by Gasteiger charge is -2.27. The van der Waals surface area contributed by atoms with Gasteiger partial charge in [0.15, 0.2) is 0 Å². The van der Waals surface area contributed by atoms with Crippen molar-refractivity contribution in [2.75, 3.05) is 6.61 Å². The molecule has 0 amide bonds. The summed E-state index contributed by atoms with van der Waals surface area (Å²) in [6.45, 7) is 4.40. The summed E-state index contributed by atoms with van der Waals surface area (Å²) in [7, 11) is 0. The summed E-state index contributed by atoms with van der Waals surface area (Å²) in [5.41, 5.74) is 2.28. The molecule has 1 aromatic heterocycles. The number of nitrogens with zero attached hydrogens (tertiary/aromatic N) is 1. The van der Waals surface area contributed by atoms with Crippen LogP contribution in [-0.2, 0) is 9.53 Å². The summed E-state index contributed by atoms with van der Waals surface area (Å²) in [5, 5.41) is 0. The fourth-order valence-corrected chi connectivity index (χ4v) is 2.98. The number of aromatic nitrogens is 1. The Hall–Kier alpha value is -0.650. The summed E-state index contributed by atoms with van der Waals surface area (Å²) in [6, 6.07) is 4.26. The average molecular weight is 373 g/mol. The van der Waals surface area contributed by atoms with Crippen LogP contribution in [0.5, 0.6) is 0 Å². The Morgan fingerprint density at radius 1 is 1.37 bits per heavy atom. The molecule has 0 N–H and O–H groups in total. The van der Waals surface area contributed by atoms with Crippen LogP contribution in [0.4, 0.5) is 0 Å². The first kappa shape index (κ1) is 14.8. The van der Waals surface area contributed by atoms with Gasteiger partial charge in [0.1, 0.15) is 0 Å². The summed E-state index contributed by atoms with van der Waals surface area (Å²) < 4.78 is 6.31. The molecule has 1 aliphatic carbocycles. The summed E-state index contributed by atoms with van der Waals surface area (Å²) in [6.07, 6.45) is 3.93. The lowest BCUT2D eigenvalue weighted by Crippen LogP contribution is -2.23. The number of rotatable bonds is 3. The maximum absolute atomic E-state index is 11.7. The number of halogens is 1. The number of ether oxygens (including phenoxy) is 1. The molecule has 104 valence electrons. The van der Waals surface area contributed by atoms with E-state index in [0.29, 0.717) is 12.5 Å². The molecule has 2 rings (SSSR count). The minimum absolute atomic E-state index is 0.0206. The van der Waals surface area contributed by atoms with Gasteiger partial charge in [-0.2, -0.15) is 0 Å². The second kappa shape index (κ2) is 6.68. The fraction of sp³-hybridized carbons (Fsp3) is 0.600. The van der Waals surface area contributed by atoms with E-state index in [1.165, 1.54) is 9.26 Å². The van der Waals surface area contributed by atoms with Gasteiger partial charge in [-0.15, -0.1) is 0 Å². The van der Waals surface area contributed by atoms with Crippen LogP contribution >= 0.6 is 22.6 Å². The second-order valence-corrected chi connectivity index (χ2v) is 6.27. The van der Waals surface area contributed by atoms with E-state index >= 15 is 0 Å². The largest absolute Gasteiger partial charge is 0.466 e. The van der Waals surface area contributed by atoms with E-state index in [0.717, 1.165) is 31.4 Å². The van der Waals surface area contributed by atoms with E-state index in [1.54, 1.807) is 0 Å². The minimum Gasteiger partial charge on any atom is -0.466 e. The molecule has 4 heteroatoms. The van der Waals surface area contributed by atoms with Crippen LogP contribution in [0.2, 0.25) is 0 Å². The van der Waals surface area contributed by atoms with Gasteiger partial charge in [0.25, 0.3) is 0 Å². The zero-order valence-electron chi connectivity index (χ0n) is 11.5. The number of carbonyl (C=O) groups excluding carboxylic acids is 1. The highest BCUT2D eigenvalue weighted by Crippen LogP contribution is 2.35. The molecule has 0 spiro atoms. The highest BCUT2D eigenvalue weighted by molar-refractivity contribution is 14.1. The minimum atomic E-state index is -0.0206. The van der Waals surface area contributed by atoms with Crippen molar-refractivity contribution in [2.45, 2.75) is 45.4 Å². The molecule has 1 aromatic rings. The SMILES string of the molecule is CCOC(=O)C1CCC(c2ccc(I)c(C)n2)CC1. The Balaban J connectivity index is 1.96. The second-order valence-electron chi connectivity index (χ2n) is 5.10. The van der Waals surface area contributed by atoms with Gasteiger partial charge in [-0.1, -0.05) is 0 Å². The molecule has 1 heterocycles. The monoisotopic (exact) mass is 373 g/mol. The third-order valence-electron chi connectivity index (χ3n) is 3.81. The van der Waals surface area contributed by atoms with Crippen molar-refractivity contribution in [1.29, 1.82) is 0 Å². The lowest BCUT2D eigenvalue weighted by molar-refractivity contribution is -0.149. The third-order valence-corrected chi connectivity index (χ3v) is 4.95. The maximum Gasteiger partial charge on any atom is 0.308 e. The van der Waals surface area contributed by atoms with Crippen molar-refractivity contribution in [3.8, 4) is 0 Å². The normalized spacial score (nSPS) is 23.1. The molecule has 1 aliphatic rings. The number of esters is 1. The van der Waals surface area contributed by atoms with E-state index in [2.05, 4.69) is 46.6 Å². The first-order valence-corrected chi connectivity index (χ1v) is 7.99. The van der Waals surface area contributed by atoms with E-state index in [4.69, 9.17) is 4.74 Å². The topological polar surface area (TPSA) is 39.2 Å². The van der Waals surface area contributed by atoms with Crippen LogP contribution < -0.4 is 0 Å². The number of hydrogen-bond donors (Lipinski definition) is 0. The smallest absolute Gasteiger partial charge is 0.308 e.